The maximum absolute atomic E-state index is 11.7. The van der Waals surface area contributed by atoms with E-state index in [1.165, 1.54) is 0 Å². The molecule has 1 atom stereocenters. The lowest BCUT2D eigenvalue weighted by Crippen LogP contribution is -2.37. The van der Waals surface area contributed by atoms with E-state index in [9.17, 15) is 4.79 Å². The van der Waals surface area contributed by atoms with E-state index < -0.39 is 0 Å². The van der Waals surface area contributed by atoms with Crippen molar-refractivity contribution in [1.29, 1.82) is 0 Å². The van der Waals surface area contributed by atoms with Crippen LogP contribution in [0.1, 0.15) is 5.56 Å². The second kappa shape index (κ2) is 4.68. The van der Waals surface area contributed by atoms with Crippen molar-refractivity contribution in [2.75, 3.05) is 16.9 Å². The van der Waals surface area contributed by atoms with Gasteiger partial charge in [-0.05, 0) is 24.6 Å². The monoisotopic (exact) mass is 222 g/mol. The zero-order chi connectivity index (χ0) is 10.7. The van der Waals surface area contributed by atoms with Crippen LogP contribution >= 0.6 is 11.8 Å². The summed E-state index contributed by atoms with van der Waals surface area (Å²) in [5.41, 5.74) is 2.03. The number of thioether (sulfide) groups is 1. The Balaban J connectivity index is 1.99. The highest BCUT2D eigenvalue weighted by atomic mass is 32.2. The van der Waals surface area contributed by atoms with Crippen LogP contribution < -0.4 is 10.6 Å². The van der Waals surface area contributed by atoms with Gasteiger partial charge in [-0.15, -0.1) is 11.8 Å². The second-order valence-corrected chi connectivity index (χ2v) is 4.66. The fraction of sp³-hybridized carbons (Fsp3) is 0.364. The Hall–Kier alpha value is -1.00. The largest absolute Gasteiger partial charge is 0.325 e. The van der Waals surface area contributed by atoms with Gasteiger partial charge in [0.2, 0.25) is 5.91 Å². The molecule has 0 radical (unpaired) electrons. The third kappa shape index (κ3) is 2.73. The van der Waals surface area contributed by atoms with Crippen molar-refractivity contribution in [3.8, 4) is 0 Å². The van der Waals surface area contributed by atoms with Crippen LogP contribution in [0, 0.1) is 6.92 Å². The van der Waals surface area contributed by atoms with Gasteiger partial charge in [0.15, 0.2) is 0 Å². The molecule has 1 aliphatic heterocycles. The molecule has 15 heavy (non-hydrogen) atoms. The molecule has 1 aromatic rings. The molecule has 1 unspecified atom stereocenters. The third-order valence-electron chi connectivity index (χ3n) is 2.32. The lowest BCUT2D eigenvalue weighted by Gasteiger charge is -2.10. The van der Waals surface area contributed by atoms with Gasteiger partial charge in [0.25, 0.3) is 0 Å². The number of hydrogen-bond acceptors (Lipinski definition) is 3. The number of hydrogen-bond donors (Lipinski definition) is 2. The average Bonchev–Trinajstić information content (AvgIpc) is 2.70. The van der Waals surface area contributed by atoms with E-state index >= 15 is 0 Å². The maximum Gasteiger partial charge on any atom is 0.242 e. The van der Waals surface area contributed by atoms with Crippen molar-refractivity contribution in [3.05, 3.63) is 29.8 Å². The smallest absolute Gasteiger partial charge is 0.242 e. The molecule has 1 aromatic carbocycles. The SMILES string of the molecule is Cc1cccc(NC(=O)C2CSCN2)c1. The summed E-state index contributed by atoms with van der Waals surface area (Å²) in [6.45, 7) is 2.01. The van der Waals surface area contributed by atoms with Crippen LogP contribution in [0.25, 0.3) is 0 Å². The van der Waals surface area contributed by atoms with Crippen molar-refractivity contribution >= 4 is 23.4 Å². The Morgan fingerprint density at radius 1 is 1.60 bits per heavy atom. The predicted octanol–water partition coefficient (Wildman–Crippen LogP) is 1.60. The fourth-order valence-electron chi connectivity index (χ4n) is 1.52. The van der Waals surface area contributed by atoms with Crippen molar-refractivity contribution in [2.24, 2.45) is 0 Å². The first-order valence-corrected chi connectivity index (χ1v) is 6.10. The van der Waals surface area contributed by atoms with Crippen LogP contribution in [-0.2, 0) is 4.79 Å². The Labute approximate surface area is 93.6 Å². The molecule has 0 saturated carbocycles. The van der Waals surface area contributed by atoms with Crippen LogP contribution in [0.15, 0.2) is 24.3 Å². The van der Waals surface area contributed by atoms with Gasteiger partial charge in [0.1, 0.15) is 0 Å². The van der Waals surface area contributed by atoms with Gasteiger partial charge < -0.3 is 5.32 Å². The van der Waals surface area contributed by atoms with Gasteiger partial charge in [-0.25, -0.2) is 0 Å². The molecule has 2 N–H and O–H groups in total. The van der Waals surface area contributed by atoms with E-state index in [2.05, 4.69) is 10.6 Å². The number of benzene rings is 1. The zero-order valence-electron chi connectivity index (χ0n) is 8.62. The van der Waals surface area contributed by atoms with E-state index in [0.717, 1.165) is 22.9 Å². The second-order valence-electron chi connectivity index (χ2n) is 3.63. The molecule has 0 aliphatic carbocycles. The Morgan fingerprint density at radius 3 is 3.13 bits per heavy atom. The Morgan fingerprint density at radius 2 is 2.47 bits per heavy atom. The fourth-order valence-corrected chi connectivity index (χ4v) is 2.46. The Bertz CT molecular complexity index is 361. The van der Waals surface area contributed by atoms with Gasteiger partial charge in [-0.2, -0.15) is 0 Å². The Kier molecular flexibility index (Phi) is 3.28. The van der Waals surface area contributed by atoms with E-state index in [-0.39, 0.29) is 11.9 Å². The lowest BCUT2D eigenvalue weighted by molar-refractivity contribution is -0.117. The average molecular weight is 222 g/mol. The number of nitrogens with one attached hydrogen (secondary N) is 2. The summed E-state index contributed by atoms with van der Waals surface area (Å²) >= 11 is 1.75. The summed E-state index contributed by atoms with van der Waals surface area (Å²) in [4.78, 5) is 11.7. The van der Waals surface area contributed by atoms with E-state index in [1.54, 1.807) is 11.8 Å². The molecule has 80 valence electrons. The maximum atomic E-state index is 11.7. The molecule has 1 aliphatic rings. The summed E-state index contributed by atoms with van der Waals surface area (Å²) in [6, 6.07) is 7.80. The van der Waals surface area contributed by atoms with Gasteiger partial charge in [-0.3, -0.25) is 10.1 Å². The first-order chi connectivity index (χ1) is 7.25. The molecule has 2 rings (SSSR count). The molecule has 1 amide bonds. The highest BCUT2D eigenvalue weighted by Crippen LogP contribution is 2.13. The molecule has 0 bridgehead atoms. The molecule has 0 spiro atoms. The number of aryl methyl sites for hydroxylation is 1. The molecule has 0 aromatic heterocycles. The predicted molar refractivity (Wildman–Crippen MR) is 64.1 cm³/mol. The molecule has 1 fully saturated rings. The third-order valence-corrected chi connectivity index (χ3v) is 3.26. The first-order valence-electron chi connectivity index (χ1n) is 4.94. The topological polar surface area (TPSA) is 41.1 Å². The van der Waals surface area contributed by atoms with Crippen molar-refractivity contribution in [3.63, 3.8) is 0 Å². The highest BCUT2D eigenvalue weighted by Gasteiger charge is 2.22. The van der Waals surface area contributed by atoms with Gasteiger partial charge >= 0.3 is 0 Å². The van der Waals surface area contributed by atoms with Crippen LogP contribution in [0.4, 0.5) is 5.69 Å². The summed E-state index contributed by atoms with van der Waals surface area (Å²) in [7, 11) is 0. The molecule has 1 heterocycles. The van der Waals surface area contributed by atoms with E-state index in [0.29, 0.717) is 0 Å². The van der Waals surface area contributed by atoms with Crippen molar-refractivity contribution in [1.82, 2.24) is 5.32 Å². The van der Waals surface area contributed by atoms with Crippen LogP contribution in [-0.4, -0.2) is 23.6 Å². The minimum absolute atomic E-state index is 0.0458. The standard InChI is InChI=1S/C11H14N2OS/c1-8-3-2-4-9(5-8)13-11(14)10-6-15-7-12-10/h2-5,10,12H,6-7H2,1H3,(H,13,14). The number of carbonyl (C=O) groups is 1. The van der Waals surface area contributed by atoms with Crippen molar-refractivity contribution in [2.45, 2.75) is 13.0 Å². The van der Waals surface area contributed by atoms with Crippen LogP contribution in [0.5, 0.6) is 0 Å². The molecular weight excluding hydrogens is 208 g/mol. The van der Waals surface area contributed by atoms with Gasteiger partial charge in [0.05, 0.1) is 6.04 Å². The van der Waals surface area contributed by atoms with Crippen LogP contribution in [0.2, 0.25) is 0 Å². The summed E-state index contributed by atoms with van der Waals surface area (Å²) in [5.74, 6) is 1.79. The minimum atomic E-state index is -0.0458. The van der Waals surface area contributed by atoms with E-state index in [1.807, 2.05) is 31.2 Å². The van der Waals surface area contributed by atoms with Crippen LogP contribution in [0.3, 0.4) is 0 Å². The molecule has 1 saturated heterocycles. The number of anilines is 1. The lowest BCUT2D eigenvalue weighted by atomic mass is 10.2. The zero-order valence-corrected chi connectivity index (χ0v) is 9.43. The molecule has 3 nitrogen and oxygen atoms in total. The quantitative estimate of drug-likeness (QED) is 0.798. The van der Waals surface area contributed by atoms with Gasteiger partial charge in [0, 0.05) is 17.3 Å². The molecule has 4 heteroatoms. The highest BCUT2D eigenvalue weighted by molar-refractivity contribution is 7.99. The van der Waals surface area contributed by atoms with Gasteiger partial charge in [-0.1, -0.05) is 12.1 Å². The summed E-state index contributed by atoms with van der Waals surface area (Å²) < 4.78 is 0. The normalized spacial score (nSPS) is 20.2. The first kappa shape index (κ1) is 10.5. The summed E-state index contributed by atoms with van der Waals surface area (Å²) in [5, 5.41) is 6.05. The molecular formula is C11H14N2OS. The number of rotatable bonds is 2. The minimum Gasteiger partial charge on any atom is -0.325 e. The van der Waals surface area contributed by atoms with E-state index in [4.69, 9.17) is 0 Å². The summed E-state index contributed by atoms with van der Waals surface area (Å²) in [6.07, 6.45) is 0. The van der Waals surface area contributed by atoms with Crippen molar-refractivity contribution < 1.29 is 4.79 Å². The number of carbonyl (C=O) groups excluding carboxylic acids is 1. The number of amides is 1.